The molecular formula is C34H49ClNO3+. The number of fused-ring (bicyclic) bond motifs is 5. The highest BCUT2D eigenvalue weighted by molar-refractivity contribution is 6.30. The summed E-state index contributed by atoms with van der Waals surface area (Å²) in [6.07, 6.45) is 13.9. The Labute approximate surface area is 241 Å². The number of quaternary nitrogens is 1. The van der Waals surface area contributed by atoms with Crippen LogP contribution in [0.15, 0.2) is 42.5 Å². The Kier molecular flexibility index (Phi) is 10.4. The first-order chi connectivity index (χ1) is 18.7. The summed E-state index contributed by atoms with van der Waals surface area (Å²) in [5.74, 6) is 2.26. The summed E-state index contributed by atoms with van der Waals surface area (Å²) in [5.41, 5.74) is 1.92. The van der Waals surface area contributed by atoms with Crippen LogP contribution in [-0.2, 0) is 9.53 Å². The van der Waals surface area contributed by atoms with Gasteiger partial charge in [0.25, 0.3) is 0 Å². The highest BCUT2D eigenvalue weighted by atomic mass is 35.5. The van der Waals surface area contributed by atoms with Gasteiger partial charge in [0.2, 0.25) is 6.73 Å². The maximum absolute atomic E-state index is 13.2. The zero-order chi connectivity index (χ0) is 27.9. The second-order valence-electron chi connectivity index (χ2n) is 12.9. The van der Waals surface area contributed by atoms with Gasteiger partial charge in [-0.2, -0.15) is 0 Å². The summed E-state index contributed by atoms with van der Waals surface area (Å²) in [4.78, 5) is 13.2. The molecule has 2 aromatic carbocycles. The molecule has 0 amide bonds. The van der Waals surface area contributed by atoms with Gasteiger partial charge in [0.05, 0.1) is 25.6 Å². The first kappa shape index (κ1) is 29.9. The van der Waals surface area contributed by atoms with E-state index in [-0.39, 0.29) is 17.8 Å². The molecule has 5 heteroatoms. The number of hydrogen-bond donors (Lipinski definition) is 0. The SMILES string of the molecule is CCCCCCCCCCCCC(C)(C)C(=O)OC[N+]1(C)CC2c3ccccc3Oc3ccc(Cl)cc3[C@@H]2C1. The van der Waals surface area contributed by atoms with Crippen molar-refractivity contribution in [3.8, 4) is 11.5 Å². The van der Waals surface area contributed by atoms with Crippen LogP contribution in [0.5, 0.6) is 11.5 Å². The molecule has 1 fully saturated rings. The third-order valence-electron chi connectivity index (χ3n) is 8.89. The van der Waals surface area contributed by atoms with E-state index in [9.17, 15) is 4.79 Å². The zero-order valence-corrected chi connectivity index (χ0v) is 25.4. The van der Waals surface area contributed by atoms with E-state index in [0.29, 0.717) is 11.2 Å². The largest absolute Gasteiger partial charge is 0.457 e. The Morgan fingerprint density at radius 2 is 1.49 bits per heavy atom. The molecule has 4 nitrogen and oxygen atoms in total. The summed E-state index contributed by atoms with van der Waals surface area (Å²) < 4.78 is 13.1. The number of rotatable bonds is 14. The number of para-hydroxylation sites is 1. The quantitative estimate of drug-likeness (QED) is 0.132. The molecule has 0 radical (unpaired) electrons. The standard InChI is InChI=1S/C34H49ClNO3/c1-5-6-7-8-9-10-11-12-13-16-21-34(2,3)33(37)38-25-36(4)23-29-27-17-14-15-18-31(27)39-32-20-19-26(35)22-28(32)30(29)24-36/h14-15,17-20,22,29-30H,5-13,16,21,23-25H2,1-4H3/q+1/t29?,30-,36?/m0/s1. The number of halogens is 1. The summed E-state index contributed by atoms with van der Waals surface area (Å²) in [7, 11) is 2.21. The summed E-state index contributed by atoms with van der Waals surface area (Å²) in [6, 6.07) is 14.3. The maximum Gasteiger partial charge on any atom is 0.315 e. The van der Waals surface area contributed by atoms with Gasteiger partial charge in [-0.15, -0.1) is 0 Å². The minimum atomic E-state index is -0.455. The van der Waals surface area contributed by atoms with E-state index in [0.717, 1.165) is 48.0 Å². The molecule has 2 aromatic rings. The molecule has 0 N–H and O–H groups in total. The average molecular weight is 555 g/mol. The molecule has 0 saturated carbocycles. The number of esters is 1. The second kappa shape index (κ2) is 13.5. The van der Waals surface area contributed by atoms with E-state index >= 15 is 0 Å². The molecular weight excluding hydrogens is 506 g/mol. The fraction of sp³-hybridized carbons (Fsp3) is 0.618. The van der Waals surface area contributed by atoms with Crippen LogP contribution in [0.25, 0.3) is 0 Å². The van der Waals surface area contributed by atoms with Crippen molar-refractivity contribution in [2.45, 2.75) is 103 Å². The van der Waals surface area contributed by atoms with Crippen molar-refractivity contribution < 1.29 is 18.8 Å². The Morgan fingerprint density at radius 1 is 0.897 bits per heavy atom. The van der Waals surface area contributed by atoms with Crippen LogP contribution in [0.1, 0.15) is 114 Å². The molecule has 0 aromatic heterocycles. The number of unbranched alkanes of at least 4 members (excludes halogenated alkanes) is 9. The smallest absolute Gasteiger partial charge is 0.315 e. The van der Waals surface area contributed by atoms with Gasteiger partial charge in [0, 0.05) is 28.0 Å². The van der Waals surface area contributed by atoms with Gasteiger partial charge < -0.3 is 9.47 Å². The predicted molar refractivity (Wildman–Crippen MR) is 161 cm³/mol. The predicted octanol–water partition coefficient (Wildman–Crippen LogP) is 9.61. The van der Waals surface area contributed by atoms with Crippen molar-refractivity contribution in [3.05, 3.63) is 58.6 Å². The average Bonchev–Trinajstić information content (AvgIpc) is 3.21. The number of nitrogens with zero attached hydrogens (tertiary/aromatic N) is 1. The summed E-state index contributed by atoms with van der Waals surface area (Å²) in [5, 5.41) is 0.725. The molecule has 2 aliphatic rings. The van der Waals surface area contributed by atoms with Crippen LogP contribution in [0.2, 0.25) is 5.02 Å². The van der Waals surface area contributed by atoms with E-state index < -0.39 is 5.41 Å². The Hall–Kier alpha value is -2.04. The lowest BCUT2D eigenvalue weighted by molar-refractivity contribution is -0.915. The number of carbonyl (C=O) groups is 1. The van der Waals surface area contributed by atoms with Crippen LogP contribution >= 0.6 is 11.6 Å². The lowest BCUT2D eigenvalue weighted by atomic mass is 9.84. The van der Waals surface area contributed by atoms with Crippen molar-refractivity contribution in [1.29, 1.82) is 0 Å². The lowest BCUT2D eigenvalue weighted by Crippen LogP contribution is -2.45. The minimum Gasteiger partial charge on any atom is -0.457 e. The molecule has 1 saturated heterocycles. The fourth-order valence-electron chi connectivity index (χ4n) is 6.48. The van der Waals surface area contributed by atoms with Crippen molar-refractivity contribution in [3.63, 3.8) is 0 Å². The van der Waals surface area contributed by atoms with E-state index in [1.807, 2.05) is 32.0 Å². The highest BCUT2D eigenvalue weighted by Crippen LogP contribution is 2.51. The molecule has 4 rings (SSSR count). The number of likely N-dealkylation sites (tertiary alicyclic amines) is 1. The molecule has 2 aliphatic heterocycles. The van der Waals surface area contributed by atoms with Gasteiger partial charge in [-0.3, -0.25) is 9.28 Å². The van der Waals surface area contributed by atoms with Gasteiger partial charge >= 0.3 is 5.97 Å². The number of carbonyl (C=O) groups excluding carboxylic acids is 1. The molecule has 3 atom stereocenters. The molecule has 0 aliphatic carbocycles. The Bertz CT molecular complexity index is 1100. The van der Waals surface area contributed by atoms with Gasteiger partial charge in [-0.05, 0) is 44.5 Å². The third kappa shape index (κ3) is 7.79. The van der Waals surface area contributed by atoms with Crippen LogP contribution in [-0.4, -0.2) is 37.3 Å². The van der Waals surface area contributed by atoms with Crippen molar-refractivity contribution in [1.82, 2.24) is 0 Å². The van der Waals surface area contributed by atoms with Gasteiger partial charge in [0.15, 0.2) is 0 Å². The normalized spacial score (nSPS) is 21.9. The van der Waals surface area contributed by atoms with E-state index in [2.05, 4.69) is 38.2 Å². The third-order valence-corrected chi connectivity index (χ3v) is 9.12. The summed E-state index contributed by atoms with van der Waals surface area (Å²) >= 11 is 6.43. The fourth-order valence-corrected chi connectivity index (χ4v) is 6.66. The number of hydrogen-bond acceptors (Lipinski definition) is 3. The van der Waals surface area contributed by atoms with Gasteiger partial charge in [-0.25, -0.2) is 0 Å². The Morgan fingerprint density at radius 3 is 2.18 bits per heavy atom. The number of ether oxygens (including phenoxy) is 2. The van der Waals surface area contributed by atoms with Gasteiger partial charge in [-0.1, -0.05) is 101 Å². The minimum absolute atomic E-state index is 0.0722. The highest BCUT2D eigenvalue weighted by Gasteiger charge is 2.48. The molecule has 214 valence electrons. The number of benzene rings is 2. The molecule has 2 heterocycles. The number of likely N-dealkylation sites (N-methyl/N-ethyl adjacent to an activating group) is 1. The monoisotopic (exact) mass is 554 g/mol. The van der Waals surface area contributed by atoms with E-state index in [4.69, 9.17) is 21.1 Å². The molecule has 2 unspecified atom stereocenters. The van der Waals surface area contributed by atoms with Gasteiger partial charge in [0.1, 0.15) is 11.5 Å². The maximum atomic E-state index is 13.2. The second-order valence-corrected chi connectivity index (χ2v) is 13.3. The van der Waals surface area contributed by atoms with Crippen LogP contribution in [0.3, 0.4) is 0 Å². The van der Waals surface area contributed by atoms with Crippen molar-refractivity contribution in [2.75, 3.05) is 26.9 Å². The van der Waals surface area contributed by atoms with E-state index in [1.54, 1.807) is 0 Å². The molecule has 0 spiro atoms. The van der Waals surface area contributed by atoms with Crippen molar-refractivity contribution in [2.24, 2.45) is 5.41 Å². The first-order valence-electron chi connectivity index (χ1n) is 15.3. The first-order valence-corrected chi connectivity index (χ1v) is 15.7. The summed E-state index contributed by atoms with van der Waals surface area (Å²) in [6.45, 7) is 8.52. The van der Waals surface area contributed by atoms with E-state index in [1.165, 1.54) is 63.4 Å². The molecule has 39 heavy (non-hydrogen) atoms. The van der Waals surface area contributed by atoms with Crippen LogP contribution in [0.4, 0.5) is 0 Å². The van der Waals surface area contributed by atoms with Crippen LogP contribution < -0.4 is 4.74 Å². The molecule has 0 bridgehead atoms. The Balaban J connectivity index is 1.29. The zero-order valence-electron chi connectivity index (χ0n) is 24.6. The topological polar surface area (TPSA) is 35.5 Å². The lowest BCUT2D eigenvalue weighted by Gasteiger charge is -2.31. The van der Waals surface area contributed by atoms with Crippen LogP contribution in [0, 0.1) is 5.41 Å². The van der Waals surface area contributed by atoms with Crippen molar-refractivity contribution >= 4 is 17.6 Å².